The second-order valence-corrected chi connectivity index (χ2v) is 8.43. The van der Waals surface area contributed by atoms with Crippen molar-refractivity contribution >= 4 is 11.9 Å². The van der Waals surface area contributed by atoms with E-state index >= 15 is 0 Å². The van der Waals surface area contributed by atoms with Crippen LogP contribution < -0.4 is 16.4 Å². The van der Waals surface area contributed by atoms with Gasteiger partial charge in [0, 0.05) is 26.2 Å². The molecule has 172 valence electrons. The molecule has 0 bridgehead atoms. The number of aryl methyl sites for hydroxylation is 1. The third-order valence-corrected chi connectivity index (χ3v) is 5.77. The van der Waals surface area contributed by atoms with Gasteiger partial charge in [0.15, 0.2) is 5.96 Å². The van der Waals surface area contributed by atoms with E-state index in [1.54, 1.807) is 19.1 Å². The number of primary amides is 1. The summed E-state index contributed by atoms with van der Waals surface area (Å²) in [5.74, 6) is 0.250. The monoisotopic (exact) mass is 439 g/mol. The van der Waals surface area contributed by atoms with Gasteiger partial charge in [-0.1, -0.05) is 36.4 Å². The maximum absolute atomic E-state index is 13.8. The lowest BCUT2D eigenvalue weighted by atomic mass is 9.97. The number of nitrogens with zero attached hydrogens (tertiary/aromatic N) is 2. The fourth-order valence-electron chi connectivity index (χ4n) is 3.96. The quantitative estimate of drug-likeness (QED) is 0.436. The number of piperidine rings is 1. The SMILES string of the molecule is CCNC(=NCc1cccc(CN2CCCC(C(N)=O)C2)c1)NCc1ccc(C)c(F)c1. The van der Waals surface area contributed by atoms with E-state index in [0.717, 1.165) is 50.1 Å². The maximum atomic E-state index is 13.8. The molecular formula is C25H34FN5O. The molecule has 2 aromatic carbocycles. The van der Waals surface area contributed by atoms with Crippen molar-refractivity contribution in [2.45, 2.75) is 46.3 Å². The third-order valence-electron chi connectivity index (χ3n) is 5.77. The molecule has 2 aromatic rings. The number of aliphatic imine (C=N–C) groups is 1. The molecule has 1 saturated heterocycles. The molecule has 1 aliphatic rings. The Morgan fingerprint density at radius 2 is 2.00 bits per heavy atom. The minimum Gasteiger partial charge on any atom is -0.369 e. The minimum atomic E-state index is -0.199. The number of amides is 1. The topological polar surface area (TPSA) is 82.8 Å². The molecule has 6 nitrogen and oxygen atoms in total. The predicted molar refractivity (Wildman–Crippen MR) is 126 cm³/mol. The van der Waals surface area contributed by atoms with Gasteiger partial charge in [0.2, 0.25) is 5.91 Å². The van der Waals surface area contributed by atoms with E-state index in [2.05, 4.69) is 38.7 Å². The number of benzene rings is 2. The summed E-state index contributed by atoms with van der Waals surface area (Å²) < 4.78 is 13.8. The number of hydrogen-bond donors (Lipinski definition) is 3. The Morgan fingerprint density at radius 1 is 1.19 bits per heavy atom. The molecule has 1 aliphatic heterocycles. The smallest absolute Gasteiger partial charge is 0.221 e. The molecule has 1 heterocycles. The van der Waals surface area contributed by atoms with Crippen molar-refractivity contribution in [2.24, 2.45) is 16.6 Å². The predicted octanol–water partition coefficient (Wildman–Crippen LogP) is 3.09. The molecule has 1 unspecified atom stereocenters. The molecule has 4 N–H and O–H groups in total. The highest BCUT2D eigenvalue weighted by Crippen LogP contribution is 2.19. The molecule has 0 aliphatic carbocycles. The summed E-state index contributed by atoms with van der Waals surface area (Å²) in [4.78, 5) is 18.5. The molecule has 32 heavy (non-hydrogen) atoms. The summed E-state index contributed by atoms with van der Waals surface area (Å²) >= 11 is 0. The maximum Gasteiger partial charge on any atom is 0.221 e. The molecule has 3 rings (SSSR count). The largest absolute Gasteiger partial charge is 0.369 e. The molecule has 0 aromatic heterocycles. The molecule has 0 radical (unpaired) electrons. The van der Waals surface area contributed by atoms with Crippen LogP contribution in [0.5, 0.6) is 0 Å². The molecule has 1 amide bonds. The highest BCUT2D eigenvalue weighted by molar-refractivity contribution is 5.79. The van der Waals surface area contributed by atoms with Gasteiger partial charge in [-0.05, 0) is 61.6 Å². The summed E-state index contributed by atoms with van der Waals surface area (Å²) in [5, 5.41) is 6.51. The van der Waals surface area contributed by atoms with Crippen LogP contribution in [-0.4, -0.2) is 36.4 Å². The highest BCUT2D eigenvalue weighted by Gasteiger charge is 2.23. The zero-order valence-corrected chi connectivity index (χ0v) is 19.0. The number of carbonyl (C=O) groups excluding carboxylic acids is 1. The number of guanidine groups is 1. The minimum absolute atomic E-state index is 0.0488. The lowest BCUT2D eigenvalue weighted by Gasteiger charge is -2.31. The molecule has 0 saturated carbocycles. The lowest BCUT2D eigenvalue weighted by molar-refractivity contribution is -0.123. The molecule has 7 heteroatoms. The van der Waals surface area contributed by atoms with E-state index in [4.69, 9.17) is 5.73 Å². The van der Waals surface area contributed by atoms with Crippen molar-refractivity contribution in [1.29, 1.82) is 0 Å². The molecule has 0 spiro atoms. The number of hydrogen-bond acceptors (Lipinski definition) is 3. The average molecular weight is 440 g/mol. The van der Waals surface area contributed by atoms with Crippen molar-refractivity contribution in [2.75, 3.05) is 19.6 Å². The Hall–Kier alpha value is -2.93. The van der Waals surface area contributed by atoms with Gasteiger partial charge in [-0.3, -0.25) is 9.69 Å². The molecular weight excluding hydrogens is 405 g/mol. The van der Waals surface area contributed by atoms with E-state index in [0.29, 0.717) is 24.6 Å². The standard InChI is InChI=1S/C25H34FN5O/c1-3-28-25(30-15-20-10-9-18(2)23(26)13-20)29-14-19-6-4-7-21(12-19)16-31-11-5-8-22(17-31)24(27)32/h4,6-7,9-10,12-13,22H,3,5,8,11,14-17H2,1-2H3,(H2,27,32)(H2,28,29,30). The molecule has 1 atom stereocenters. The van der Waals surface area contributed by atoms with Gasteiger partial charge in [0.05, 0.1) is 12.5 Å². The van der Waals surface area contributed by atoms with Crippen LogP contribution in [0.3, 0.4) is 0 Å². The zero-order chi connectivity index (χ0) is 22.9. The van der Waals surface area contributed by atoms with Crippen LogP contribution in [0.15, 0.2) is 47.5 Å². The summed E-state index contributed by atoms with van der Waals surface area (Å²) in [6.07, 6.45) is 1.89. The van der Waals surface area contributed by atoms with E-state index in [1.165, 1.54) is 5.56 Å². The van der Waals surface area contributed by atoms with Gasteiger partial charge in [-0.2, -0.15) is 0 Å². The Labute approximate surface area is 190 Å². The van der Waals surface area contributed by atoms with Crippen molar-refractivity contribution in [3.8, 4) is 0 Å². The fraction of sp³-hybridized carbons (Fsp3) is 0.440. The van der Waals surface area contributed by atoms with E-state index in [1.807, 2.05) is 19.1 Å². The zero-order valence-electron chi connectivity index (χ0n) is 19.0. The molecule has 1 fully saturated rings. The fourth-order valence-corrected chi connectivity index (χ4v) is 3.96. The average Bonchev–Trinajstić information content (AvgIpc) is 2.78. The van der Waals surface area contributed by atoms with Gasteiger partial charge >= 0.3 is 0 Å². The Morgan fingerprint density at radius 3 is 2.75 bits per heavy atom. The van der Waals surface area contributed by atoms with Crippen molar-refractivity contribution in [1.82, 2.24) is 15.5 Å². The first-order valence-corrected chi connectivity index (χ1v) is 11.3. The van der Waals surface area contributed by atoms with Crippen LogP contribution in [0.4, 0.5) is 4.39 Å². The number of carbonyl (C=O) groups is 1. The number of halogens is 1. The van der Waals surface area contributed by atoms with Gasteiger partial charge in [-0.25, -0.2) is 9.38 Å². The number of nitrogens with two attached hydrogens (primary N) is 1. The van der Waals surface area contributed by atoms with Gasteiger partial charge in [0.1, 0.15) is 5.82 Å². The van der Waals surface area contributed by atoms with E-state index in [-0.39, 0.29) is 17.6 Å². The van der Waals surface area contributed by atoms with Crippen LogP contribution in [0.25, 0.3) is 0 Å². The van der Waals surface area contributed by atoms with Gasteiger partial charge in [0.25, 0.3) is 0 Å². The Bertz CT molecular complexity index is 946. The first kappa shape index (κ1) is 23.7. The Kier molecular flexibility index (Phi) is 8.62. The first-order valence-electron chi connectivity index (χ1n) is 11.3. The van der Waals surface area contributed by atoms with Crippen LogP contribution in [0.1, 0.15) is 42.0 Å². The van der Waals surface area contributed by atoms with Crippen molar-refractivity contribution in [3.05, 3.63) is 70.5 Å². The summed E-state index contributed by atoms with van der Waals surface area (Å²) in [6, 6.07) is 13.6. The number of likely N-dealkylation sites (tertiary alicyclic amines) is 1. The third kappa shape index (κ3) is 7.05. The van der Waals surface area contributed by atoms with Gasteiger partial charge in [-0.15, -0.1) is 0 Å². The number of nitrogens with one attached hydrogen (secondary N) is 2. The van der Waals surface area contributed by atoms with Crippen molar-refractivity contribution < 1.29 is 9.18 Å². The summed E-state index contributed by atoms with van der Waals surface area (Å²) in [7, 11) is 0. The van der Waals surface area contributed by atoms with Crippen LogP contribution in [0.2, 0.25) is 0 Å². The van der Waals surface area contributed by atoms with Crippen LogP contribution in [-0.2, 0) is 24.4 Å². The first-order chi connectivity index (χ1) is 15.4. The Balaban J connectivity index is 1.59. The summed E-state index contributed by atoms with van der Waals surface area (Å²) in [5.41, 5.74) is 9.34. The summed E-state index contributed by atoms with van der Waals surface area (Å²) in [6.45, 7) is 8.07. The van der Waals surface area contributed by atoms with Gasteiger partial charge < -0.3 is 16.4 Å². The van der Waals surface area contributed by atoms with Crippen molar-refractivity contribution in [3.63, 3.8) is 0 Å². The number of rotatable bonds is 8. The highest BCUT2D eigenvalue weighted by atomic mass is 19.1. The van der Waals surface area contributed by atoms with E-state index in [9.17, 15) is 9.18 Å². The second kappa shape index (κ2) is 11.6. The van der Waals surface area contributed by atoms with E-state index < -0.39 is 0 Å². The second-order valence-electron chi connectivity index (χ2n) is 8.43. The van der Waals surface area contributed by atoms with Crippen LogP contribution in [0, 0.1) is 18.7 Å². The lowest BCUT2D eigenvalue weighted by Crippen LogP contribution is -2.40. The van der Waals surface area contributed by atoms with Crippen LogP contribution >= 0.6 is 0 Å². The normalized spacial score (nSPS) is 17.2.